The fourth-order valence-corrected chi connectivity index (χ4v) is 3.88. The molecular formula is C27H21BrN2O4. The Kier molecular flexibility index (Phi) is 7.13. The minimum atomic E-state index is -0.754. The number of Topliss-reactive ketones (excluding diaryl/α,β-unsaturated/α-hetero) is 1. The van der Waals surface area contributed by atoms with Gasteiger partial charge in [0.25, 0.3) is 5.56 Å². The molecule has 0 fully saturated rings. The van der Waals surface area contributed by atoms with E-state index in [-0.39, 0.29) is 24.5 Å². The summed E-state index contributed by atoms with van der Waals surface area (Å²) in [6, 6.07) is 25.2. The molecule has 0 bridgehead atoms. The topological polar surface area (TPSA) is 78.3 Å². The van der Waals surface area contributed by atoms with Crippen molar-refractivity contribution in [1.29, 1.82) is 0 Å². The highest BCUT2D eigenvalue weighted by molar-refractivity contribution is 9.10. The van der Waals surface area contributed by atoms with Crippen LogP contribution in [0.15, 0.2) is 94.2 Å². The van der Waals surface area contributed by atoms with E-state index in [1.54, 1.807) is 31.2 Å². The summed E-state index contributed by atoms with van der Waals surface area (Å²) < 4.78 is 7.13. The lowest BCUT2D eigenvalue weighted by atomic mass is 9.95. The third kappa shape index (κ3) is 4.89. The molecular weight excluding hydrogens is 496 g/mol. The van der Waals surface area contributed by atoms with Gasteiger partial charge in [-0.3, -0.25) is 9.59 Å². The molecule has 3 aromatic carbocycles. The first-order valence-electron chi connectivity index (χ1n) is 10.7. The first-order valence-corrected chi connectivity index (χ1v) is 11.5. The van der Waals surface area contributed by atoms with E-state index >= 15 is 0 Å². The SMILES string of the molecule is CCOC(=O)c1c(-c2ccccc2)c(-c2ccccc2)nn(CC(=O)c2ccc(Br)cc2)c1=O. The molecule has 0 amide bonds. The average Bonchev–Trinajstić information content (AvgIpc) is 2.86. The molecule has 0 saturated heterocycles. The fraction of sp³-hybridized carbons (Fsp3) is 0.111. The van der Waals surface area contributed by atoms with Crippen LogP contribution in [0, 0.1) is 0 Å². The first kappa shape index (κ1) is 23.3. The Morgan fingerprint density at radius 3 is 2.06 bits per heavy atom. The number of benzene rings is 3. The van der Waals surface area contributed by atoms with Crippen LogP contribution in [-0.2, 0) is 11.3 Å². The Morgan fingerprint density at radius 2 is 1.47 bits per heavy atom. The molecule has 1 aromatic heterocycles. The molecule has 0 spiro atoms. The van der Waals surface area contributed by atoms with Gasteiger partial charge in [-0.1, -0.05) is 88.7 Å². The lowest BCUT2D eigenvalue weighted by Gasteiger charge is -2.16. The third-order valence-corrected chi connectivity index (χ3v) is 5.73. The van der Waals surface area contributed by atoms with Crippen molar-refractivity contribution >= 4 is 27.7 Å². The van der Waals surface area contributed by atoms with Crippen LogP contribution in [0.5, 0.6) is 0 Å². The number of aromatic nitrogens is 2. The van der Waals surface area contributed by atoms with Crippen LogP contribution in [-0.4, -0.2) is 28.1 Å². The van der Waals surface area contributed by atoms with Gasteiger partial charge in [-0.2, -0.15) is 5.10 Å². The highest BCUT2D eigenvalue weighted by Gasteiger charge is 2.26. The Balaban J connectivity index is 1.95. The number of halogens is 1. The number of hydrogen-bond acceptors (Lipinski definition) is 5. The molecule has 1 heterocycles. The predicted molar refractivity (Wildman–Crippen MR) is 134 cm³/mol. The second kappa shape index (κ2) is 10.4. The van der Waals surface area contributed by atoms with Gasteiger partial charge in [-0.05, 0) is 24.6 Å². The molecule has 0 aliphatic heterocycles. The smallest absolute Gasteiger partial charge is 0.344 e. The fourth-order valence-electron chi connectivity index (χ4n) is 3.62. The van der Waals surface area contributed by atoms with Crippen molar-refractivity contribution in [3.05, 3.63) is 111 Å². The van der Waals surface area contributed by atoms with Gasteiger partial charge in [0.1, 0.15) is 12.1 Å². The molecule has 0 aliphatic rings. The van der Waals surface area contributed by atoms with Gasteiger partial charge in [0, 0.05) is 21.2 Å². The van der Waals surface area contributed by atoms with Gasteiger partial charge in [-0.25, -0.2) is 9.48 Å². The molecule has 0 N–H and O–H groups in total. The van der Waals surface area contributed by atoms with Crippen molar-refractivity contribution in [3.8, 4) is 22.4 Å². The maximum absolute atomic E-state index is 13.5. The van der Waals surface area contributed by atoms with E-state index in [1.165, 1.54) is 0 Å². The van der Waals surface area contributed by atoms with Gasteiger partial charge >= 0.3 is 5.97 Å². The highest BCUT2D eigenvalue weighted by Crippen LogP contribution is 2.32. The van der Waals surface area contributed by atoms with E-state index in [0.717, 1.165) is 9.15 Å². The number of rotatable bonds is 7. The van der Waals surface area contributed by atoms with Crippen LogP contribution in [0.25, 0.3) is 22.4 Å². The van der Waals surface area contributed by atoms with Gasteiger partial charge < -0.3 is 4.74 Å². The highest BCUT2D eigenvalue weighted by atomic mass is 79.9. The van der Waals surface area contributed by atoms with E-state index in [1.807, 2.05) is 60.7 Å². The Morgan fingerprint density at radius 1 is 0.882 bits per heavy atom. The van der Waals surface area contributed by atoms with Crippen LogP contribution in [0.1, 0.15) is 27.6 Å². The van der Waals surface area contributed by atoms with Gasteiger partial charge in [-0.15, -0.1) is 0 Å². The summed E-state index contributed by atoms with van der Waals surface area (Å²) in [6.45, 7) is 1.46. The van der Waals surface area contributed by atoms with Gasteiger partial charge in [0.15, 0.2) is 5.78 Å². The number of esters is 1. The molecule has 0 saturated carbocycles. The van der Waals surface area contributed by atoms with Crippen LogP contribution in [0.3, 0.4) is 0 Å². The summed E-state index contributed by atoms with van der Waals surface area (Å²) in [7, 11) is 0. The van der Waals surface area contributed by atoms with Crippen LogP contribution in [0.2, 0.25) is 0 Å². The minimum absolute atomic E-state index is 0.104. The number of carbonyl (C=O) groups is 2. The molecule has 0 atom stereocenters. The van der Waals surface area contributed by atoms with Crippen LogP contribution < -0.4 is 5.56 Å². The zero-order chi connectivity index (χ0) is 24.1. The number of hydrogen-bond donors (Lipinski definition) is 0. The van der Waals surface area contributed by atoms with Crippen molar-refractivity contribution in [1.82, 2.24) is 9.78 Å². The Hall–Kier alpha value is -3.84. The molecule has 0 aliphatic carbocycles. The minimum Gasteiger partial charge on any atom is -0.462 e. The maximum atomic E-state index is 13.5. The van der Waals surface area contributed by atoms with Crippen molar-refractivity contribution in [2.24, 2.45) is 0 Å². The zero-order valence-electron chi connectivity index (χ0n) is 18.4. The summed E-state index contributed by atoms with van der Waals surface area (Å²) in [5, 5.41) is 4.57. The van der Waals surface area contributed by atoms with Crippen molar-refractivity contribution in [3.63, 3.8) is 0 Å². The summed E-state index contributed by atoms with van der Waals surface area (Å²) in [4.78, 5) is 39.5. The lowest BCUT2D eigenvalue weighted by Crippen LogP contribution is -2.33. The van der Waals surface area contributed by atoms with E-state index in [0.29, 0.717) is 27.9 Å². The van der Waals surface area contributed by atoms with E-state index in [4.69, 9.17) is 4.74 Å². The first-order chi connectivity index (χ1) is 16.5. The molecule has 4 rings (SSSR count). The van der Waals surface area contributed by atoms with Crippen molar-refractivity contribution in [2.75, 3.05) is 6.61 Å². The molecule has 170 valence electrons. The largest absolute Gasteiger partial charge is 0.462 e. The number of ether oxygens (including phenoxy) is 1. The Labute approximate surface area is 205 Å². The normalized spacial score (nSPS) is 10.6. The molecule has 6 nitrogen and oxygen atoms in total. The molecule has 4 aromatic rings. The second-order valence-corrected chi connectivity index (χ2v) is 8.36. The van der Waals surface area contributed by atoms with E-state index < -0.39 is 11.5 Å². The van der Waals surface area contributed by atoms with Crippen molar-refractivity contribution in [2.45, 2.75) is 13.5 Å². The van der Waals surface area contributed by atoms with E-state index in [9.17, 15) is 14.4 Å². The number of ketones is 1. The quantitative estimate of drug-likeness (QED) is 0.242. The second-order valence-electron chi connectivity index (χ2n) is 7.44. The monoisotopic (exact) mass is 516 g/mol. The average molecular weight is 517 g/mol. The van der Waals surface area contributed by atoms with Crippen LogP contribution in [0.4, 0.5) is 0 Å². The molecule has 0 unspecified atom stereocenters. The zero-order valence-corrected chi connectivity index (χ0v) is 20.0. The molecule has 34 heavy (non-hydrogen) atoms. The summed E-state index contributed by atoms with van der Waals surface area (Å²) in [5.74, 6) is -1.06. The van der Waals surface area contributed by atoms with E-state index in [2.05, 4.69) is 21.0 Å². The lowest BCUT2D eigenvalue weighted by molar-refractivity contribution is 0.0523. The number of nitrogens with zero attached hydrogens (tertiary/aromatic N) is 2. The number of carbonyl (C=O) groups excluding carboxylic acids is 2. The van der Waals surface area contributed by atoms with Crippen molar-refractivity contribution < 1.29 is 14.3 Å². The standard InChI is InChI=1S/C27H21BrN2O4/c1-2-34-27(33)24-23(19-9-5-3-6-10-19)25(20-11-7-4-8-12-20)29-30(26(24)32)17-22(31)18-13-15-21(28)16-14-18/h3-16H,2,17H2,1H3. The van der Waals surface area contributed by atoms with Gasteiger partial charge in [0.05, 0.1) is 12.3 Å². The Bertz CT molecular complexity index is 1380. The summed E-state index contributed by atoms with van der Waals surface area (Å²) in [5.41, 5.74) is 1.76. The molecule has 7 heteroatoms. The third-order valence-electron chi connectivity index (χ3n) is 5.20. The predicted octanol–water partition coefficient (Wildman–Crippen LogP) is 5.40. The van der Waals surface area contributed by atoms with Gasteiger partial charge in [0.2, 0.25) is 0 Å². The molecule has 0 radical (unpaired) electrons. The maximum Gasteiger partial charge on any atom is 0.344 e. The van der Waals surface area contributed by atoms with Crippen LogP contribution >= 0.6 is 15.9 Å². The summed E-state index contributed by atoms with van der Waals surface area (Å²) >= 11 is 3.35. The summed E-state index contributed by atoms with van der Waals surface area (Å²) in [6.07, 6.45) is 0.